The van der Waals surface area contributed by atoms with Gasteiger partial charge in [-0.25, -0.2) is 0 Å². The molecule has 0 amide bonds. The van der Waals surface area contributed by atoms with E-state index in [-0.39, 0.29) is 12.2 Å². The molecule has 1 heterocycles. The van der Waals surface area contributed by atoms with Crippen LogP contribution < -0.4 is 10.9 Å². The molecule has 0 fully saturated rings. The Balaban J connectivity index is 2.32. The number of nitrogens with one attached hydrogen (secondary N) is 1. The molecule has 3 N–H and O–H groups in total. The fourth-order valence-electron chi connectivity index (χ4n) is 1.26. The highest BCUT2D eigenvalue weighted by molar-refractivity contribution is 4.93. The van der Waals surface area contributed by atoms with E-state index in [0.29, 0.717) is 19.6 Å². The molecule has 0 aliphatic carbocycles. The molecule has 0 aliphatic heterocycles. The second kappa shape index (κ2) is 5.79. The number of aromatic nitrogens is 1. The van der Waals surface area contributed by atoms with Crippen LogP contribution in [0.4, 0.5) is 0 Å². The number of nitrogens with zero attached hydrogens (tertiary/aromatic N) is 1. The normalized spacial score (nSPS) is 14.7. The van der Waals surface area contributed by atoms with Crippen LogP contribution in [-0.4, -0.2) is 40.1 Å². The van der Waals surface area contributed by atoms with Gasteiger partial charge < -0.3 is 20.1 Å². The van der Waals surface area contributed by atoms with Gasteiger partial charge in [0.2, 0.25) is 0 Å². The van der Waals surface area contributed by atoms with E-state index in [0.717, 1.165) is 0 Å². The summed E-state index contributed by atoms with van der Waals surface area (Å²) in [4.78, 5) is 11.3. The minimum atomic E-state index is -1.11. The van der Waals surface area contributed by atoms with Crippen LogP contribution in [0.3, 0.4) is 0 Å². The van der Waals surface area contributed by atoms with Gasteiger partial charge >= 0.3 is 0 Å². The van der Waals surface area contributed by atoms with Crippen molar-refractivity contribution in [1.29, 1.82) is 0 Å². The zero-order valence-corrected chi connectivity index (χ0v) is 9.39. The lowest BCUT2D eigenvalue weighted by atomic mass is 10.1. The van der Waals surface area contributed by atoms with E-state index in [4.69, 9.17) is 5.11 Å². The van der Waals surface area contributed by atoms with Crippen LogP contribution in [0.25, 0.3) is 0 Å². The van der Waals surface area contributed by atoms with Crippen molar-refractivity contribution in [3.05, 3.63) is 34.7 Å². The minimum absolute atomic E-state index is 0.0433. The highest BCUT2D eigenvalue weighted by atomic mass is 16.3. The zero-order valence-electron chi connectivity index (χ0n) is 9.39. The van der Waals surface area contributed by atoms with Crippen LogP contribution in [0.1, 0.15) is 6.92 Å². The maximum atomic E-state index is 11.3. The first-order valence-corrected chi connectivity index (χ1v) is 5.24. The molecule has 1 aromatic rings. The fourth-order valence-corrected chi connectivity index (χ4v) is 1.26. The number of hydrogen-bond donors (Lipinski definition) is 3. The van der Waals surface area contributed by atoms with Crippen molar-refractivity contribution in [2.75, 3.05) is 19.7 Å². The average Bonchev–Trinajstić information content (AvgIpc) is 2.27. The molecule has 5 heteroatoms. The lowest BCUT2D eigenvalue weighted by Gasteiger charge is -2.20. The number of aliphatic hydroxyl groups is 2. The van der Waals surface area contributed by atoms with Gasteiger partial charge in [-0.2, -0.15) is 0 Å². The molecule has 0 aliphatic rings. The summed E-state index contributed by atoms with van der Waals surface area (Å²) >= 11 is 0. The summed E-state index contributed by atoms with van der Waals surface area (Å²) in [7, 11) is 0. The molecule has 1 aromatic heterocycles. The van der Waals surface area contributed by atoms with Crippen molar-refractivity contribution in [2.45, 2.75) is 19.1 Å². The Labute approximate surface area is 94.4 Å². The van der Waals surface area contributed by atoms with E-state index in [1.165, 1.54) is 6.07 Å². The molecule has 1 unspecified atom stereocenters. The molecular formula is C11H18N2O3. The summed E-state index contributed by atoms with van der Waals surface area (Å²) in [6.07, 6.45) is 1.72. The second-order valence-electron chi connectivity index (χ2n) is 4.06. The quantitative estimate of drug-likeness (QED) is 0.554. The van der Waals surface area contributed by atoms with Crippen molar-refractivity contribution >= 4 is 0 Å². The molecule has 0 aromatic carbocycles. The van der Waals surface area contributed by atoms with E-state index in [1.54, 1.807) is 29.8 Å². The summed E-state index contributed by atoms with van der Waals surface area (Å²) in [5.74, 6) is 0. The molecule has 1 atom stereocenters. The van der Waals surface area contributed by atoms with Gasteiger partial charge in [-0.1, -0.05) is 6.07 Å². The van der Waals surface area contributed by atoms with E-state index >= 15 is 0 Å². The number of hydrogen-bond acceptors (Lipinski definition) is 4. The molecule has 1 rings (SSSR count). The monoisotopic (exact) mass is 226 g/mol. The van der Waals surface area contributed by atoms with Gasteiger partial charge in [0.1, 0.15) is 0 Å². The van der Waals surface area contributed by atoms with Crippen molar-refractivity contribution in [3.63, 3.8) is 0 Å². The highest BCUT2D eigenvalue weighted by Crippen LogP contribution is 1.97. The summed E-state index contributed by atoms with van der Waals surface area (Å²) < 4.78 is 1.58. The predicted octanol–water partition coefficient (Wildman–Crippen LogP) is -0.819. The number of rotatable bonds is 6. The molecule has 90 valence electrons. The summed E-state index contributed by atoms with van der Waals surface area (Å²) in [6.45, 7) is 2.67. The molecule has 0 spiro atoms. The minimum Gasteiger partial charge on any atom is -0.393 e. The predicted molar refractivity (Wildman–Crippen MR) is 61.3 cm³/mol. The second-order valence-corrected chi connectivity index (χ2v) is 4.06. The van der Waals surface area contributed by atoms with Crippen LogP contribution >= 0.6 is 0 Å². The topological polar surface area (TPSA) is 74.5 Å². The highest BCUT2D eigenvalue weighted by Gasteiger charge is 2.17. The lowest BCUT2D eigenvalue weighted by molar-refractivity contribution is 0.00278. The maximum absolute atomic E-state index is 11.3. The molecule has 0 saturated carbocycles. The Bertz CT molecular complexity index is 373. The van der Waals surface area contributed by atoms with Crippen molar-refractivity contribution in [2.24, 2.45) is 0 Å². The van der Waals surface area contributed by atoms with Gasteiger partial charge in [-0.3, -0.25) is 4.79 Å². The van der Waals surface area contributed by atoms with Crippen LogP contribution in [-0.2, 0) is 6.54 Å². The fraction of sp³-hybridized carbons (Fsp3) is 0.545. The van der Waals surface area contributed by atoms with Crippen molar-refractivity contribution < 1.29 is 10.2 Å². The third kappa shape index (κ3) is 4.14. The van der Waals surface area contributed by atoms with E-state index in [1.807, 2.05) is 0 Å². The molecule has 16 heavy (non-hydrogen) atoms. The van der Waals surface area contributed by atoms with Gasteiger partial charge in [-0.05, 0) is 13.0 Å². The molecule has 5 nitrogen and oxygen atoms in total. The first-order valence-electron chi connectivity index (χ1n) is 5.24. The summed E-state index contributed by atoms with van der Waals surface area (Å²) in [5.41, 5.74) is -1.15. The van der Waals surface area contributed by atoms with E-state index in [2.05, 4.69) is 5.32 Å². The molecule has 0 bridgehead atoms. The Hall–Kier alpha value is -1.17. The van der Waals surface area contributed by atoms with Gasteiger partial charge in [0.15, 0.2) is 0 Å². The first kappa shape index (κ1) is 12.9. The van der Waals surface area contributed by atoms with E-state index in [9.17, 15) is 9.90 Å². The largest absolute Gasteiger partial charge is 0.393 e. The van der Waals surface area contributed by atoms with Gasteiger partial charge in [0.05, 0.1) is 12.2 Å². The van der Waals surface area contributed by atoms with Crippen LogP contribution in [0, 0.1) is 0 Å². The lowest BCUT2D eigenvalue weighted by Crippen LogP contribution is -2.42. The third-order valence-corrected chi connectivity index (χ3v) is 2.27. The maximum Gasteiger partial charge on any atom is 0.250 e. The molecule has 0 saturated heterocycles. The van der Waals surface area contributed by atoms with Crippen LogP contribution in [0.5, 0.6) is 0 Å². The summed E-state index contributed by atoms with van der Waals surface area (Å²) in [6, 6.07) is 5.00. The SMILES string of the molecule is CC(O)(CO)CNCCn1ccccc1=O. The Morgan fingerprint density at radius 3 is 2.88 bits per heavy atom. The van der Waals surface area contributed by atoms with Crippen molar-refractivity contribution in [3.8, 4) is 0 Å². The molecular weight excluding hydrogens is 208 g/mol. The average molecular weight is 226 g/mol. The van der Waals surface area contributed by atoms with Gasteiger partial charge in [0, 0.05) is 31.9 Å². The number of pyridine rings is 1. The standard InChI is InChI=1S/C11H18N2O3/c1-11(16,9-14)8-12-5-7-13-6-3-2-4-10(13)15/h2-4,6,12,14,16H,5,7-9H2,1H3. The van der Waals surface area contributed by atoms with Crippen molar-refractivity contribution in [1.82, 2.24) is 9.88 Å². The Morgan fingerprint density at radius 2 is 2.25 bits per heavy atom. The smallest absolute Gasteiger partial charge is 0.250 e. The Kier molecular flexibility index (Phi) is 4.67. The van der Waals surface area contributed by atoms with Crippen LogP contribution in [0.15, 0.2) is 29.2 Å². The summed E-state index contributed by atoms with van der Waals surface area (Å²) in [5, 5.41) is 21.3. The Morgan fingerprint density at radius 1 is 1.50 bits per heavy atom. The number of aliphatic hydroxyl groups excluding tert-OH is 1. The van der Waals surface area contributed by atoms with Gasteiger partial charge in [0.25, 0.3) is 5.56 Å². The molecule has 0 radical (unpaired) electrons. The first-order chi connectivity index (χ1) is 7.55. The zero-order chi connectivity index (χ0) is 12.0. The van der Waals surface area contributed by atoms with Crippen LogP contribution in [0.2, 0.25) is 0 Å². The van der Waals surface area contributed by atoms with Gasteiger partial charge in [-0.15, -0.1) is 0 Å². The van der Waals surface area contributed by atoms with E-state index < -0.39 is 5.60 Å². The third-order valence-electron chi connectivity index (χ3n) is 2.27.